The molecule has 0 aliphatic heterocycles. The molecule has 206 valence electrons. The van der Waals surface area contributed by atoms with Gasteiger partial charge in [-0.1, -0.05) is 36.8 Å². The van der Waals surface area contributed by atoms with Crippen LogP contribution < -0.4 is 14.8 Å². The van der Waals surface area contributed by atoms with Crippen molar-refractivity contribution in [2.24, 2.45) is 0 Å². The molecule has 0 aliphatic rings. The third-order valence-electron chi connectivity index (χ3n) is 7.11. The number of hydrogen-bond donors (Lipinski definition) is 1. The molecule has 39 heavy (non-hydrogen) atoms. The molecular formula is C33H41N3O3. The molecule has 0 unspecified atom stereocenters. The lowest BCUT2D eigenvalue weighted by Gasteiger charge is -2.12. The maximum Gasteiger partial charge on any atom is 0.257 e. The van der Waals surface area contributed by atoms with Gasteiger partial charge in [-0.3, -0.25) is 4.79 Å². The van der Waals surface area contributed by atoms with E-state index >= 15 is 0 Å². The van der Waals surface area contributed by atoms with Gasteiger partial charge in [0, 0.05) is 19.5 Å². The molecule has 0 bridgehead atoms. The van der Waals surface area contributed by atoms with E-state index in [0.717, 1.165) is 72.6 Å². The Bertz CT molecular complexity index is 1390. The Labute approximate surface area is 232 Å². The zero-order chi connectivity index (χ0) is 27.6. The van der Waals surface area contributed by atoms with Crippen molar-refractivity contribution in [1.29, 1.82) is 0 Å². The normalized spacial score (nSPS) is 11.1. The van der Waals surface area contributed by atoms with E-state index in [9.17, 15) is 4.79 Å². The maximum absolute atomic E-state index is 12.2. The Morgan fingerprint density at radius 1 is 0.846 bits per heavy atom. The van der Waals surface area contributed by atoms with Gasteiger partial charge in [0.2, 0.25) is 0 Å². The van der Waals surface area contributed by atoms with Crippen LogP contribution in [0.15, 0.2) is 60.7 Å². The number of ether oxygens (including phenoxy) is 2. The Balaban J connectivity index is 1.19. The molecule has 1 heterocycles. The van der Waals surface area contributed by atoms with E-state index in [0.29, 0.717) is 13.2 Å². The lowest BCUT2D eigenvalue weighted by atomic mass is 10.1. The summed E-state index contributed by atoms with van der Waals surface area (Å²) < 4.78 is 14.1. The fraction of sp³-hybridized carbons (Fsp3) is 0.394. The number of hydrogen-bond acceptors (Lipinski definition) is 4. The van der Waals surface area contributed by atoms with Gasteiger partial charge in [0.15, 0.2) is 6.61 Å². The minimum Gasteiger partial charge on any atom is -0.494 e. The van der Waals surface area contributed by atoms with Crippen LogP contribution in [0.3, 0.4) is 0 Å². The van der Waals surface area contributed by atoms with E-state index in [2.05, 4.69) is 54.1 Å². The number of carbonyl (C=O) groups is 1. The van der Waals surface area contributed by atoms with Crippen molar-refractivity contribution in [1.82, 2.24) is 14.9 Å². The van der Waals surface area contributed by atoms with Crippen molar-refractivity contribution in [3.05, 3.63) is 88.7 Å². The summed E-state index contributed by atoms with van der Waals surface area (Å²) in [5.74, 6) is 2.73. The predicted molar refractivity (Wildman–Crippen MR) is 158 cm³/mol. The molecule has 1 N–H and O–H groups in total. The van der Waals surface area contributed by atoms with Crippen LogP contribution in [0.2, 0.25) is 0 Å². The molecule has 1 aromatic heterocycles. The molecule has 6 nitrogen and oxygen atoms in total. The highest BCUT2D eigenvalue weighted by Crippen LogP contribution is 2.21. The van der Waals surface area contributed by atoms with E-state index in [-0.39, 0.29) is 12.5 Å². The number of amides is 1. The summed E-state index contributed by atoms with van der Waals surface area (Å²) in [4.78, 5) is 17.1. The minimum absolute atomic E-state index is 0.0432. The Morgan fingerprint density at radius 3 is 2.51 bits per heavy atom. The maximum atomic E-state index is 12.2. The van der Waals surface area contributed by atoms with Crippen molar-refractivity contribution in [3.63, 3.8) is 0 Å². The fourth-order valence-electron chi connectivity index (χ4n) is 4.65. The Hall–Kier alpha value is -3.80. The first-order chi connectivity index (χ1) is 18.9. The van der Waals surface area contributed by atoms with Crippen LogP contribution in [0, 0.1) is 27.7 Å². The average Bonchev–Trinajstić information content (AvgIpc) is 3.28. The van der Waals surface area contributed by atoms with E-state index in [1.54, 1.807) is 0 Å². The zero-order valence-electron chi connectivity index (χ0n) is 23.8. The number of imidazole rings is 1. The summed E-state index contributed by atoms with van der Waals surface area (Å²) in [6.45, 7) is 10.5. The molecule has 0 radical (unpaired) electrons. The van der Waals surface area contributed by atoms with E-state index in [1.807, 2.05) is 44.2 Å². The van der Waals surface area contributed by atoms with Crippen LogP contribution >= 0.6 is 0 Å². The summed E-state index contributed by atoms with van der Waals surface area (Å²) in [5.41, 5.74) is 6.90. The van der Waals surface area contributed by atoms with Gasteiger partial charge in [-0.15, -0.1) is 0 Å². The first-order valence-corrected chi connectivity index (χ1v) is 14.0. The monoisotopic (exact) mass is 527 g/mol. The van der Waals surface area contributed by atoms with Crippen molar-refractivity contribution < 1.29 is 14.3 Å². The van der Waals surface area contributed by atoms with Gasteiger partial charge < -0.3 is 19.4 Å². The van der Waals surface area contributed by atoms with Gasteiger partial charge in [-0.2, -0.15) is 0 Å². The summed E-state index contributed by atoms with van der Waals surface area (Å²) >= 11 is 0. The SMILES string of the molecule is Cc1ccc(C)c(OCC(=O)NCCCCCc2nc3ccccc3n2CCCOc2ccc(C)c(C)c2)c1. The summed E-state index contributed by atoms with van der Waals surface area (Å²) in [6, 6.07) is 20.6. The van der Waals surface area contributed by atoms with Gasteiger partial charge in [0.25, 0.3) is 5.91 Å². The van der Waals surface area contributed by atoms with E-state index in [4.69, 9.17) is 14.5 Å². The van der Waals surface area contributed by atoms with Gasteiger partial charge in [0.05, 0.1) is 17.6 Å². The third kappa shape index (κ3) is 8.09. The molecule has 0 aliphatic carbocycles. The molecule has 0 spiro atoms. The average molecular weight is 528 g/mol. The van der Waals surface area contributed by atoms with Crippen LogP contribution in [-0.4, -0.2) is 35.2 Å². The topological polar surface area (TPSA) is 65.4 Å². The van der Waals surface area contributed by atoms with E-state index in [1.165, 1.54) is 16.6 Å². The first kappa shape index (κ1) is 28.2. The van der Waals surface area contributed by atoms with Gasteiger partial charge in [0.1, 0.15) is 17.3 Å². The number of carbonyl (C=O) groups excluding carboxylic acids is 1. The number of nitrogens with zero attached hydrogens (tertiary/aromatic N) is 2. The van der Waals surface area contributed by atoms with Crippen LogP contribution in [0.5, 0.6) is 11.5 Å². The van der Waals surface area contributed by atoms with Crippen LogP contribution in [0.25, 0.3) is 11.0 Å². The third-order valence-corrected chi connectivity index (χ3v) is 7.11. The minimum atomic E-state index is -0.0827. The van der Waals surface area contributed by atoms with Gasteiger partial charge >= 0.3 is 0 Å². The van der Waals surface area contributed by atoms with Gasteiger partial charge in [-0.25, -0.2) is 4.98 Å². The molecule has 0 saturated heterocycles. The molecule has 4 aromatic rings. The Kier molecular flexibility index (Phi) is 10.0. The number of aryl methyl sites for hydroxylation is 6. The molecule has 0 fully saturated rings. The molecule has 3 aromatic carbocycles. The quantitative estimate of drug-likeness (QED) is 0.187. The number of aromatic nitrogens is 2. The van der Waals surface area contributed by atoms with Gasteiger partial charge in [-0.05, 0) is 99.5 Å². The Morgan fingerprint density at radius 2 is 1.67 bits per heavy atom. The zero-order valence-corrected chi connectivity index (χ0v) is 23.8. The first-order valence-electron chi connectivity index (χ1n) is 14.0. The highest BCUT2D eigenvalue weighted by molar-refractivity contribution is 5.77. The van der Waals surface area contributed by atoms with Crippen LogP contribution in [0.1, 0.15) is 53.8 Å². The lowest BCUT2D eigenvalue weighted by molar-refractivity contribution is -0.123. The van der Waals surface area contributed by atoms with Crippen molar-refractivity contribution in [2.45, 2.75) is 66.3 Å². The molecule has 4 rings (SSSR count). The van der Waals surface area contributed by atoms with Crippen molar-refractivity contribution >= 4 is 16.9 Å². The largest absolute Gasteiger partial charge is 0.494 e. The van der Waals surface area contributed by atoms with Crippen LogP contribution in [-0.2, 0) is 17.8 Å². The second-order valence-corrected chi connectivity index (χ2v) is 10.3. The lowest BCUT2D eigenvalue weighted by Crippen LogP contribution is -2.29. The molecular weight excluding hydrogens is 486 g/mol. The molecule has 6 heteroatoms. The summed E-state index contributed by atoms with van der Waals surface area (Å²) in [6.07, 6.45) is 4.81. The number of fused-ring (bicyclic) bond motifs is 1. The predicted octanol–water partition coefficient (Wildman–Crippen LogP) is 6.65. The highest BCUT2D eigenvalue weighted by Gasteiger charge is 2.11. The number of rotatable bonds is 14. The number of benzene rings is 3. The highest BCUT2D eigenvalue weighted by atomic mass is 16.5. The smallest absolute Gasteiger partial charge is 0.257 e. The second kappa shape index (κ2) is 13.8. The van der Waals surface area contributed by atoms with Crippen LogP contribution in [0.4, 0.5) is 0 Å². The summed E-state index contributed by atoms with van der Waals surface area (Å²) in [7, 11) is 0. The standard InChI is InChI=1S/C33H41N3O3/c1-24-14-15-26(3)31(21-24)39-23-33(37)34-18-9-5-6-13-32-35-29-11-7-8-12-30(29)36(32)19-10-20-38-28-17-16-25(2)27(4)22-28/h7-8,11-12,14-17,21-22H,5-6,9-10,13,18-20,23H2,1-4H3,(H,34,37). The number of nitrogens with one attached hydrogen (secondary N) is 1. The van der Waals surface area contributed by atoms with Crippen molar-refractivity contribution in [2.75, 3.05) is 19.8 Å². The number of para-hydroxylation sites is 2. The fourth-order valence-corrected chi connectivity index (χ4v) is 4.65. The molecule has 1 amide bonds. The van der Waals surface area contributed by atoms with E-state index < -0.39 is 0 Å². The summed E-state index contributed by atoms with van der Waals surface area (Å²) in [5, 5.41) is 2.97. The number of unbranched alkanes of at least 4 members (excludes halogenated alkanes) is 2. The molecule has 0 saturated carbocycles. The van der Waals surface area contributed by atoms with Crippen molar-refractivity contribution in [3.8, 4) is 11.5 Å². The molecule has 0 atom stereocenters. The second-order valence-electron chi connectivity index (χ2n) is 10.3.